The zero-order chi connectivity index (χ0) is 15.5. The molecule has 7 heteroatoms. The van der Waals surface area contributed by atoms with Gasteiger partial charge in [0.2, 0.25) is 5.13 Å². The number of anilines is 1. The van der Waals surface area contributed by atoms with Crippen LogP contribution in [0.3, 0.4) is 0 Å². The molecule has 0 bridgehead atoms. The maximum atomic E-state index is 12.2. The van der Waals surface area contributed by atoms with Crippen molar-refractivity contribution >= 4 is 50.1 Å². The van der Waals surface area contributed by atoms with Crippen LogP contribution in [0.25, 0.3) is 11.4 Å². The monoisotopic (exact) mass is 393 g/mol. The van der Waals surface area contributed by atoms with Gasteiger partial charge in [0, 0.05) is 21.6 Å². The zero-order valence-corrected chi connectivity index (χ0v) is 14.2. The Kier molecular flexibility index (Phi) is 4.52. The number of carbonyl (C=O) groups excluding carboxylic acids is 1. The van der Waals surface area contributed by atoms with Crippen LogP contribution in [0, 0.1) is 0 Å². The van der Waals surface area contributed by atoms with Crippen LogP contribution < -0.4 is 5.32 Å². The van der Waals surface area contributed by atoms with Crippen molar-refractivity contribution < 1.29 is 4.79 Å². The minimum atomic E-state index is -0.241. The van der Waals surface area contributed by atoms with E-state index in [-0.39, 0.29) is 5.91 Å². The van der Waals surface area contributed by atoms with Gasteiger partial charge in [-0.05, 0) is 40.2 Å². The van der Waals surface area contributed by atoms with Crippen molar-refractivity contribution in [2.75, 3.05) is 5.32 Å². The van der Waals surface area contributed by atoms with Gasteiger partial charge in [0.25, 0.3) is 5.91 Å². The molecule has 0 radical (unpaired) electrons. The smallest absolute Gasteiger partial charge is 0.258 e. The third-order valence-corrected chi connectivity index (χ3v) is 4.53. The lowest BCUT2D eigenvalue weighted by atomic mass is 10.2. The van der Waals surface area contributed by atoms with E-state index in [9.17, 15) is 4.79 Å². The molecule has 1 amide bonds. The fourth-order valence-electron chi connectivity index (χ4n) is 1.84. The molecule has 1 heterocycles. The Labute approximate surface area is 144 Å². The number of aromatic nitrogens is 2. The van der Waals surface area contributed by atoms with E-state index in [2.05, 4.69) is 30.6 Å². The normalized spacial score (nSPS) is 10.5. The second-order valence-corrected chi connectivity index (χ2v) is 6.35. The standard InChI is InChI=1S/C15H9BrClN3OS/c16-11-7-3-1-5-9(11)14(21)19-15-18-13(20-22-15)10-6-2-4-8-12(10)17/h1-8H,(H,18,19,20,21). The van der Waals surface area contributed by atoms with Crippen LogP contribution in [0.2, 0.25) is 5.02 Å². The number of nitrogens with one attached hydrogen (secondary N) is 1. The SMILES string of the molecule is O=C(Nc1nc(-c2ccccc2Cl)ns1)c1ccccc1Br. The average Bonchev–Trinajstić information content (AvgIpc) is 2.96. The molecule has 0 spiro atoms. The molecule has 0 atom stereocenters. The first-order valence-corrected chi connectivity index (χ1v) is 8.24. The Morgan fingerprint density at radius 1 is 1.14 bits per heavy atom. The van der Waals surface area contributed by atoms with Crippen molar-refractivity contribution in [3.63, 3.8) is 0 Å². The van der Waals surface area contributed by atoms with Crippen molar-refractivity contribution in [3.8, 4) is 11.4 Å². The minimum absolute atomic E-state index is 0.241. The third-order valence-electron chi connectivity index (χ3n) is 2.88. The van der Waals surface area contributed by atoms with Crippen molar-refractivity contribution in [1.82, 2.24) is 9.36 Å². The Morgan fingerprint density at radius 2 is 1.86 bits per heavy atom. The van der Waals surface area contributed by atoms with Gasteiger partial charge in [0.05, 0.1) is 10.6 Å². The van der Waals surface area contributed by atoms with E-state index in [1.807, 2.05) is 30.3 Å². The van der Waals surface area contributed by atoms with Crippen LogP contribution in [-0.4, -0.2) is 15.3 Å². The number of halogens is 2. The fourth-order valence-corrected chi connectivity index (χ4v) is 3.10. The lowest BCUT2D eigenvalue weighted by Crippen LogP contribution is -2.12. The molecule has 0 aliphatic rings. The third kappa shape index (κ3) is 3.19. The summed E-state index contributed by atoms with van der Waals surface area (Å²) in [4.78, 5) is 16.5. The number of nitrogens with zero attached hydrogens (tertiary/aromatic N) is 2. The summed E-state index contributed by atoms with van der Waals surface area (Å²) < 4.78 is 4.96. The average molecular weight is 395 g/mol. The molecule has 0 saturated heterocycles. The van der Waals surface area contributed by atoms with Crippen LogP contribution in [-0.2, 0) is 0 Å². The summed E-state index contributed by atoms with van der Waals surface area (Å²) in [5, 5.41) is 3.74. The molecule has 3 rings (SSSR count). The van der Waals surface area contributed by atoms with Crippen LogP contribution in [0.5, 0.6) is 0 Å². The quantitative estimate of drug-likeness (QED) is 0.689. The van der Waals surface area contributed by atoms with Crippen molar-refractivity contribution in [3.05, 3.63) is 63.6 Å². The van der Waals surface area contributed by atoms with Crippen LogP contribution in [0.4, 0.5) is 5.13 Å². The Balaban J connectivity index is 1.82. The van der Waals surface area contributed by atoms with E-state index in [0.717, 1.165) is 21.6 Å². The summed E-state index contributed by atoms with van der Waals surface area (Å²) in [6.07, 6.45) is 0. The van der Waals surface area contributed by atoms with Gasteiger partial charge < -0.3 is 0 Å². The minimum Gasteiger partial charge on any atom is -0.297 e. The number of hydrogen-bond acceptors (Lipinski definition) is 4. The summed E-state index contributed by atoms with van der Waals surface area (Å²) >= 11 is 10.6. The second kappa shape index (κ2) is 6.56. The molecule has 0 unspecified atom stereocenters. The summed E-state index contributed by atoms with van der Waals surface area (Å²) in [6.45, 7) is 0. The largest absolute Gasteiger partial charge is 0.297 e. The van der Waals surface area contributed by atoms with Gasteiger partial charge in [0.1, 0.15) is 0 Å². The predicted molar refractivity (Wildman–Crippen MR) is 92.5 cm³/mol. The predicted octanol–water partition coefficient (Wildman–Crippen LogP) is 4.87. The zero-order valence-electron chi connectivity index (χ0n) is 11.1. The van der Waals surface area contributed by atoms with Gasteiger partial charge in [-0.1, -0.05) is 35.9 Å². The number of benzene rings is 2. The first-order chi connectivity index (χ1) is 10.6. The highest BCUT2D eigenvalue weighted by atomic mass is 79.9. The van der Waals surface area contributed by atoms with Gasteiger partial charge in [-0.25, -0.2) is 0 Å². The maximum absolute atomic E-state index is 12.2. The molecule has 3 aromatic rings. The first-order valence-electron chi connectivity index (χ1n) is 6.29. The highest BCUT2D eigenvalue weighted by Crippen LogP contribution is 2.28. The van der Waals surface area contributed by atoms with Gasteiger partial charge in [0.15, 0.2) is 5.82 Å². The highest BCUT2D eigenvalue weighted by Gasteiger charge is 2.14. The molecule has 22 heavy (non-hydrogen) atoms. The van der Waals surface area contributed by atoms with E-state index in [4.69, 9.17) is 11.6 Å². The van der Waals surface area contributed by atoms with E-state index in [0.29, 0.717) is 21.5 Å². The van der Waals surface area contributed by atoms with E-state index >= 15 is 0 Å². The topological polar surface area (TPSA) is 54.9 Å². The first kappa shape index (κ1) is 15.1. The van der Waals surface area contributed by atoms with Gasteiger partial charge in [-0.3, -0.25) is 10.1 Å². The number of amides is 1. The summed E-state index contributed by atoms with van der Waals surface area (Å²) in [7, 11) is 0. The molecule has 2 aromatic carbocycles. The van der Waals surface area contributed by atoms with Crippen LogP contribution in [0.15, 0.2) is 53.0 Å². The summed E-state index contributed by atoms with van der Waals surface area (Å²) in [5.74, 6) is 0.257. The van der Waals surface area contributed by atoms with Gasteiger partial charge in [-0.2, -0.15) is 9.36 Å². The van der Waals surface area contributed by atoms with Crippen molar-refractivity contribution in [2.45, 2.75) is 0 Å². The molecule has 4 nitrogen and oxygen atoms in total. The van der Waals surface area contributed by atoms with Crippen molar-refractivity contribution in [1.29, 1.82) is 0 Å². The number of hydrogen-bond donors (Lipinski definition) is 1. The maximum Gasteiger partial charge on any atom is 0.258 e. The lowest BCUT2D eigenvalue weighted by Gasteiger charge is -2.03. The molecule has 0 aliphatic carbocycles. The van der Waals surface area contributed by atoms with Gasteiger partial charge in [-0.15, -0.1) is 0 Å². The Morgan fingerprint density at radius 3 is 2.64 bits per heavy atom. The molecule has 0 saturated carbocycles. The summed E-state index contributed by atoms with van der Waals surface area (Å²) in [6, 6.07) is 14.5. The number of carbonyl (C=O) groups is 1. The summed E-state index contributed by atoms with van der Waals surface area (Å²) in [5.41, 5.74) is 1.28. The van der Waals surface area contributed by atoms with Crippen LogP contribution in [0.1, 0.15) is 10.4 Å². The Bertz CT molecular complexity index is 837. The lowest BCUT2D eigenvalue weighted by molar-refractivity contribution is 0.102. The second-order valence-electron chi connectivity index (χ2n) is 4.34. The molecule has 110 valence electrons. The Hall–Kier alpha value is -1.76. The molecule has 0 fully saturated rings. The number of rotatable bonds is 3. The molecular formula is C15H9BrClN3OS. The molecular weight excluding hydrogens is 386 g/mol. The molecule has 1 aromatic heterocycles. The van der Waals surface area contributed by atoms with E-state index < -0.39 is 0 Å². The van der Waals surface area contributed by atoms with Gasteiger partial charge >= 0.3 is 0 Å². The van der Waals surface area contributed by atoms with Crippen LogP contribution >= 0.6 is 39.1 Å². The van der Waals surface area contributed by atoms with E-state index in [1.54, 1.807) is 18.2 Å². The van der Waals surface area contributed by atoms with E-state index in [1.165, 1.54) is 0 Å². The molecule has 1 N–H and O–H groups in total. The molecule has 0 aliphatic heterocycles. The van der Waals surface area contributed by atoms with Crippen molar-refractivity contribution in [2.24, 2.45) is 0 Å². The fraction of sp³-hybridized carbons (Fsp3) is 0. The highest BCUT2D eigenvalue weighted by molar-refractivity contribution is 9.10.